The van der Waals surface area contributed by atoms with E-state index >= 15 is 0 Å². The molecule has 5 nitrogen and oxygen atoms in total. The van der Waals surface area contributed by atoms with E-state index in [0.717, 1.165) is 19.4 Å². The third kappa shape index (κ3) is 4.25. The second kappa shape index (κ2) is 7.78. The van der Waals surface area contributed by atoms with E-state index in [-0.39, 0.29) is 17.8 Å². The van der Waals surface area contributed by atoms with E-state index in [2.05, 4.69) is 4.98 Å². The van der Waals surface area contributed by atoms with Gasteiger partial charge in [0.15, 0.2) is 11.7 Å². The quantitative estimate of drug-likeness (QED) is 0.872. The summed E-state index contributed by atoms with van der Waals surface area (Å²) < 4.78 is 19.4. The molecule has 1 aliphatic heterocycles. The van der Waals surface area contributed by atoms with Crippen molar-refractivity contribution in [1.82, 2.24) is 9.88 Å². The topological polar surface area (TPSA) is 66.6 Å². The number of carbonyl (C=O) groups excluding carboxylic acids is 1. The number of aliphatic hydroxyl groups excluding tert-OH is 1. The lowest BCUT2D eigenvalue weighted by Gasteiger charge is -2.25. The highest BCUT2D eigenvalue weighted by molar-refractivity contribution is 5.77. The van der Waals surface area contributed by atoms with Crippen LogP contribution in [0.4, 0.5) is 4.39 Å². The number of benzene rings is 1. The van der Waals surface area contributed by atoms with Crippen molar-refractivity contribution in [2.45, 2.75) is 51.2 Å². The van der Waals surface area contributed by atoms with Crippen molar-refractivity contribution in [3.8, 4) is 11.3 Å². The molecule has 0 spiro atoms. The molecule has 0 bridgehead atoms. The van der Waals surface area contributed by atoms with E-state index < -0.39 is 6.10 Å². The predicted octanol–water partition coefficient (Wildman–Crippen LogP) is 3.18. The number of rotatable bonds is 6. The Morgan fingerprint density at radius 2 is 2.28 bits per heavy atom. The molecule has 0 saturated carbocycles. The van der Waals surface area contributed by atoms with Gasteiger partial charge in [0.1, 0.15) is 5.82 Å². The second-order valence-electron chi connectivity index (χ2n) is 6.57. The van der Waals surface area contributed by atoms with Crippen molar-refractivity contribution in [3.05, 3.63) is 42.2 Å². The van der Waals surface area contributed by atoms with Gasteiger partial charge in [-0.1, -0.05) is 12.1 Å². The fraction of sp³-hybridized carbons (Fsp3) is 0.474. The van der Waals surface area contributed by atoms with Gasteiger partial charge in [0.05, 0.1) is 17.9 Å². The Balaban J connectivity index is 1.59. The molecule has 1 amide bonds. The zero-order chi connectivity index (χ0) is 17.8. The van der Waals surface area contributed by atoms with Gasteiger partial charge in [-0.2, -0.15) is 0 Å². The van der Waals surface area contributed by atoms with Crippen LogP contribution in [0.5, 0.6) is 0 Å². The lowest BCUT2D eigenvalue weighted by molar-refractivity contribution is -0.132. The average Bonchev–Trinajstić information content (AvgIpc) is 3.22. The van der Waals surface area contributed by atoms with E-state index in [4.69, 9.17) is 4.42 Å². The first kappa shape index (κ1) is 17.6. The molecule has 2 heterocycles. The number of aryl methyl sites for hydroxylation is 1. The van der Waals surface area contributed by atoms with Crippen molar-refractivity contribution >= 4 is 5.91 Å². The molecular formula is C19H23FN2O3. The number of hydrogen-bond acceptors (Lipinski definition) is 4. The number of hydrogen-bond donors (Lipinski definition) is 1. The summed E-state index contributed by atoms with van der Waals surface area (Å²) in [5.41, 5.74) is 0.365. The van der Waals surface area contributed by atoms with Crippen LogP contribution in [0.3, 0.4) is 0 Å². The summed E-state index contributed by atoms with van der Waals surface area (Å²) in [6.45, 7) is 2.49. The van der Waals surface area contributed by atoms with Gasteiger partial charge in [0.25, 0.3) is 0 Å². The number of carbonyl (C=O) groups is 1. The van der Waals surface area contributed by atoms with Crippen LogP contribution < -0.4 is 0 Å². The van der Waals surface area contributed by atoms with Crippen LogP contribution in [0.1, 0.15) is 38.5 Å². The van der Waals surface area contributed by atoms with Crippen molar-refractivity contribution < 1.29 is 18.7 Å². The van der Waals surface area contributed by atoms with Crippen LogP contribution in [0, 0.1) is 5.82 Å². The number of oxazole rings is 1. The smallest absolute Gasteiger partial charge is 0.223 e. The standard InChI is InChI=1S/C19H23FN2O3/c1-13(23)11-14-5-4-10-22(14)19(24)9-8-18-21-12-17(25-18)15-6-2-3-7-16(15)20/h2-3,6-7,12-14,23H,4-5,8-11H2,1H3. The molecular weight excluding hydrogens is 323 g/mol. The molecule has 1 aromatic carbocycles. The molecule has 134 valence electrons. The minimum Gasteiger partial charge on any atom is -0.441 e. The fourth-order valence-electron chi connectivity index (χ4n) is 3.37. The summed E-state index contributed by atoms with van der Waals surface area (Å²) >= 11 is 0. The van der Waals surface area contributed by atoms with Gasteiger partial charge in [0, 0.05) is 25.4 Å². The third-order valence-electron chi connectivity index (χ3n) is 4.56. The molecule has 25 heavy (non-hydrogen) atoms. The zero-order valence-corrected chi connectivity index (χ0v) is 14.3. The lowest BCUT2D eigenvalue weighted by Crippen LogP contribution is -2.37. The molecule has 1 saturated heterocycles. The molecule has 0 aliphatic carbocycles. The van der Waals surface area contributed by atoms with Gasteiger partial charge in [-0.25, -0.2) is 9.37 Å². The highest BCUT2D eigenvalue weighted by Gasteiger charge is 2.29. The second-order valence-corrected chi connectivity index (χ2v) is 6.57. The SMILES string of the molecule is CC(O)CC1CCCN1C(=O)CCc1ncc(-c2ccccc2F)o1. The number of aliphatic hydroxyl groups is 1. The van der Waals surface area contributed by atoms with Gasteiger partial charge in [-0.05, 0) is 38.3 Å². The molecule has 2 atom stereocenters. The van der Waals surface area contributed by atoms with Gasteiger partial charge in [-0.15, -0.1) is 0 Å². The maximum atomic E-state index is 13.8. The highest BCUT2D eigenvalue weighted by Crippen LogP contribution is 2.25. The largest absolute Gasteiger partial charge is 0.441 e. The lowest BCUT2D eigenvalue weighted by atomic mass is 10.1. The van der Waals surface area contributed by atoms with Crippen LogP contribution in [-0.4, -0.2) is 39.6 Å². The Kier molecular flexibility index (Phi) is 5.48. The maximum absolute atomic E-state index is 13.8. The number of amides is 1. The summed E-state index contributed by atoms with van der Waals surface area (Å²) in [6, 6.07) is 6.48. The first-order chi connectivity index (χ1) is 12.0. The monoisotopic (exact) mass is 346 g/mol. The Bertz CT molecular complexity index is 729. The zero-order valence-electron chi connectivity index (χ0n) is 14.3. The first-order valence-electron chi connectivity index (χ1n) is 8.71. The molecule has 2 unspecified atom stereocenters. The van der Waals surface area contributed by atoms with Crippen LogP contribution >= 0.6 is 0 Å². The van der Waals surface area contributed by atoms with Crippen LogP contribution in [0.15, 0.2) is 34.9 Å². The molecule has 1 fully saturated rings. The van der Waals surface area contributed by atoms with Crippen molar-refractivity contribution in [3.63, 3.8) is 0 Å². The van der Waals surface area contributed by atoms with Crippen LogP contribution in [-0.2, 0) is 11.2 Å². The van der Waals surface area contributed by atoms with Gasteiger partial charge in [0.2, 0.25) is 5.91 Å². The van der Waals surface area contributed by atoms with Crippen LogP contribution in [0.25, 0.3) is 11.3 Å². The first-order valence-corrected chi connectivity index (χ1v) is 8.71. The minimum atomic E-state index is -0.409. The molecule has 6 heteroatoms. The number of aromatic nitrogens is 1. The summed E-state index contributed by atoms with van der Waals surface area (Å²) in [5, 5.41) is 9.56. The molecule has 3 rings (SSSR count). The van der Waals surface area contributed by atoms with E-state index in [1.165, 1.54) is 12.3 Å². The Labute approximate surface area is 146 Å². The normalized spacial score (nSPS) is 18.5. The number of likely N-dealkylation sites (tertiary alicyclic amines) is 1. The van der Waals surface area contributed by atoms with Crippen molar-refractivity contribution in [2.24, 2.45) is 0 Å². The summed E-state index contributed by atoms with van der Waals surface area (Å²) in [4.78, 5) is 18.5. The van der Waals surface area contributed by atoms with E-state index in [1.54, 1.807) is 25.1 Å². The minimum absolute atomic E-state index is 0.0498. The predicted molar refractivity (Wildman–Crippen MR) is 91.3 cm³/mol. The Hall–Kier alpha value is -2.21. The summed E-state index contributed by atoms with van der Waals surface area (Å²) in [6.07, 6.45) is 4.28. The number of nitrogens with zero attached hydrogens (tertiary/aromatic N) is 2. The molecule has 1 aliphatic rings. The van der Waals surface area contributed by atoms with Crippen LogP contribution in [0.2, 0.25) is 0 Å². The van der Waals surface area contributed by atoms with Gasteiger partial charge >= 0.3 is 0 Å². The van der Waals surface area contributed by atoms with E-state index in [9.17, 15) is 14.3 Å². The Morgan fingerprint density at radius 1 is 1.48 bits per heavy atom. The maximum Gasteiger partial charge on any atom is 0.223 e. The molecule has 1 aromatic heterocycles. The fourth-order valence-corrected chi connectivity index (χ4v) is 3.37. The van der Waals surface area contributed by atoms with Crippen molar-refractivity contribution in [2.75, 3.05) is 6.54 Å². The highest BCUT2D eigenvalue weighted by atomic mass is 19.1. The average molecular weight is 346 g/mol. The summed E-state index contributed by atoms with van der Waals surface area (Å²) in [7, 11) is 0. The molecule has 2 aromatic rings. The van der Waals surface area contributed by atoms with E-state index in [1.807, 2.05) is 4.90 Å². The molecule has 1 N–H and O–H groups in total. The third-order valence-corrected chi connectivity index (χ3v) is 4.56. The summed E-state index contributed by atoms with van der Waals surface area (Å²) in [5.74, 6) is 0.486. The number of halogens is 1. The van der Waals surface area contributed by atoms with E-state index in [0.29, 0.717) is 36.5 Å². The van der Waals surface area contributed by atoms with Gasteiger partial charge < -0.3 is 14.4 Å². The molecule has 0 radical (unpaired) electrons. The van der Waals surface area contributed by atoms with Crippen molar-refractivity contribution in [1.29, 1.82) is 0 Å². The Morgan fingerprint density at radius 3 is 3.04 bits per heavy atom. The van der Waals surface area contributed by atoms with Gasteiger partial charge in [-0.3, -0.25) is 4.79 Å².